The first-order valence-electron chi connectivity index (χ1n) is 9.90. The minimum absolute atomic E-state index is 0.0225. The van der Waals surface area contributed by atoms with Crippen LogP contribution in [0.15, 0.2) is 10.7 Å². The zero-order valence-corrected chi connectivity index (χ0v) is 17.6. The van der Waals surface area contributed by atoms with E-state index in [1.54, 1.807) is 30.1 Å². The van der Waals surface area contributed by atoms with Crippen LogP contribution in [-0.4, -0.2) is 45.1 Å². The summed E-state index contributed by atoms with van der Waals surface area (Å²) in [6.07, 6.45) is 5.71. The second kappa shape index (κ2) is 7.07. The van der Waals surface area contributed by atoms with Gasteiger partial charge in [0.1, 0.15) is 11.3 Å². The van der Waals surface area contributed by atoms with Crippen LogP contribution in [0, 0.1) is 13.8 Å². The molecule has 0 radical (unpaired) electrons. The van der Waals surface area contributed by atoms with Gasteiger partial charge in [0.25, 0.3) is 5.91 Å². The lowest BCUT2D eigenvalue weighted by Gasteiger charge is -2.23. The Morgan fingerprint density at radius 2 is 2.24 bits per heavy atom. The number of anilines is 1. The number of aryl methyl sites for hydroxylation is 4. The molecule has 2 aliphatic rings. The van der Waals surface area contributed by atoms with Crippen LogP contribution in [0.3, 0.4) is 0 Å². The number of nitrogens with zero attached hydrogens (tertiary/aromatic N) is 5. The largest absolute Gasteiger partial charge is 0.376 e. The smallest absolute Gasteiger partial charge is 0.265 e. The number of rotatable bonds is 4. The van der Waals surface area contributed by atoms with Gasteiger partial charge in [-0.25, -0.2) is 4.98 Å². The van der Waals surface area contributed by atoms with Crippen molar-refractivity contribution in [3.8, 4) is 11.3 Å². The molecule has 1 aliphatic heterocycles. The Labute approximate surface area is 172 Å². The molecule has 3 aromatic rings. The van der Waals surface area contributed by atoms with Gasteiger partial charge in [-0.15, -0.1) is 11.3 Å². The summed E-state index contributed by atoms with van der Waals surface area (Å²) in [4.78, 5) is 21.4. The zero-order chi connectivity index (χ0) is 20.1. The van der Waals surface area contributed by atoms with E-state index in [0.717, 1.165) is 43.5 Å². The Morgan fingerprint density at radius 1 is 1.38 bits per heavy atom. The van der Waals surface area contributed by atoms with Crippen LogP contribution in [0.4, 0.5) is 5.13 Å². The van der Waals surface area contributed by atoms with Gasteiger partial charge >= 0.3 is 0 Å². The summed E-state index contributed by atoms with van der Waals surface area (Å²) in [6.45, 7) is 4.79. The molecule has 5 rings (SSSR count). The van der Waals surface area contributed by atoms with Crippen molar-refractivity contribution in [3.63, 3.8) is 0 Å². The maximum Gasteiger partial charge on any atom is 0.265 e. The first-order chi connectivity index (χ1) is 14.0. The molecular formula is C20H23N5O3S. The van der Waals surface area contributed by atoms with Crippen molar-refractivity contribution in [2.45, 2.75) is 45.6 Å². The molecule has 1 amide bonds. The van der Waals surface area contributed by atoms with Gasteiger partial charge in [0, 0.05) is 29.8 Å². The number of hydrogen-bond donors (Lipinski definition) is 0. The third-order valence-corrected chi connectivity index (χ3v) is 6.86. The van der Waals surface area contributed by atoms with E-state index in [0.29, 0.717) is 28.7 Å². The van der Waals surface area contributed by atoms with E-state index in [2.05, 4.69) is 10.3 Å². The van der Waals surface area contributed by atoms with E-state index < -0.39 is 0 Å². The Bertz CT molecular complexity index is 1060. The predicted molar refractivity (Wildman–Crippen MR) is 108 cm³/mol. The molecule has 1 saturated heterocycles. The van der Waals surface area contributed by atoms with Gasteiger partial charge in [0.05, 0.1) is 30.2 Å². The normalized spacial score (nSPS) is 18.0. The van der Waals surface area contributed by atoms with E-state index in [9.17, 15) is 4.79 Å². The minimum atomic E-state index is -0.130. The summed E-state index contributed by atoms with van der Waals surface area (Å²) < 4.78 is 13.0. The third-order valence-electron chi connectivity index (χ3n) is 5.73. The second-order valence-electron chi connectivity index (χ2n) is 7.65. The Morgan fingerprint density at radius 3 is 2.97 bits per heavy atom. The van der Waals surface area contributed by atoms with Crippen LogP contribution >= 0.6 is 11.3 Å². The lowest BCUT2D eigenvalue weighted by Crippen LogP contribution is -2.38. The lowest BCUT2D eigenvalue weighted by atomic mass is 10.0. The molecule has 3 aromatic heterocycles. The SMILES string of the molecule is Cc1noc(C)c1C(=O)N(C[C@@H]1CCCO1)c1nc2c(s1)CCc1c-2cnn1C. The minimum Gasteiger partial charge on any atom is -0.376 e. The van der Waals surface area contributed by atoms with Gasteiger partial charge in [-0.05, 0) is 39.5 Å². The number of hydrogen-bond acceptors (Lipinski definition) is 7. The van der Waals surface area contributed by atoms with Crippen LogP contribution in [0.25, 0.3) is 11.3 Å². The summed E-state index contributed by atoms with van der Waals surface area (Å²) in [5, 5.41) is 9.06. The van der Waals surface area contributed by atoms with Gasteiger partial charge in [-0.2, -0.15) is 5.10 Å². The van der Waals surface area contributed by atoms with Crippen LogP contribution in [0.1, 0.15) is 45.2 Å². The number of thiazole rings is 1. The summed E-state index contributed by atoms with van der Waals surface area (Å²) >= 11 is 1.59. The van der Waals surface area contributed by atoms with Crippen molar-refractivity contribution in [1.82, 2.24) is 19.9 Å². The molecule has 8 nitrogen and oxygen atoms in total. The molecule has 0 N–H and O–H groups in total. The van der Waals surface area contributed by atoms with Crippen molar-refractivity contribution in [1.29, 1.82) is 0 Å². The Kier molecular flexibility index (Phi) is 4.51. The highest BCUT2D eigenvalue weighted by Gasteiger charge is 2.32. The predicted octanol–water partition coefficient (Wildman–Crippen LogP) is 3.07. The fourth-order valence-electron chi connectivity index (χ4n) is 4.19. The average molecular weight is 414 g/mol. The van der Waals surface area contributed by atoms with Crippen LogP contribution in [-0.2, 0) is 24.6 Å². The lowest BCUT2D eigenvalue weighted by molar-refractivity contribution is 0.0915. The molecule has 1 aliphatic carbocycles. The monoisotopic (exact) mass is 413 g/mol. The highest BCUT2D eigenvalue weighted by atomic mass is 32.1. The molecule has 0 aromatic carbocycles. The molecule has 9 heteroatoms. The summed E-state index contributed by atoms with van der Waals surface area (Å²) in [5.74, 6) is 0.398. The standard InChI is InChI=1S/C20H23N5O3S/c1-11-17(12(2)28-23-11)19(26)25(10-13-5-4-8-27-13)20-22-18-14-9-21-24(3)15(14)6-7-16(18)29-20/h9,13H,4-8,10H2,1-3H3/t13-/m0/s1. The van der Waals surface area contributed by atoms with E-state index in [1.165, 1.54) is 10.6 Å². The van der Waals surface area contributed by atoms with Crippen LogP contribution < -0.4 is 4.90 Å². The van der Waals surface area contributed by atoms with Crippen LogP contribution in [0.2, 0.25) is 0 Å². The topological polar surface area (TPSA) is 86.3 Å². The fourth-order valence-corrected chi connectivity index (χ4v) is 5.27. The first-order valence-corrected chi connectivity index (χ1v) is 10.7. The molecule has 1 fully saturated rings. The van der Waals surface area contributed by atoms with Gasteiger partial charge in [0.15, 0.2) is 5.13 Å². The van der Waals surface area contributed by atoms with Gasteiger partial charge < -0.3 is 9.26 Å². The molecule has 0 saturated carbocycles. The van der Waals surface area contributed by atoms with Crippen molar-refractivity contribution in [2.24, 2.45) is 7.05 Å². The molecule has 152 valence electrons. The highest BCUT2D eigenvalue weighted by Crippen LogP contribution is 2.40. The second-order valence-corrected chi connectivity index (χ2v) is 8.71. The first kappa shape index (κ1) is 18.5. The van der Waals surface area contributed by atoms with E-state index in [4.69, 9.17) is 14.2 Å². The van der Waals surface area contributed by atoms with Crippen molar-refractivity contribution >= 4 is 22.4 Å². The number of aromatic nitrogens is 4. The van der Waals surface area contributed by atoms with E-state index >= 15 is 0 Å². The van der Waals surface area contributed by atoms with Crippen molar-refractivity contribution in [3.05, 3.63) is 33.8 Å². The Hall–Kier alpha value is -2.52. The molecule has 0 unspecified atom stereocenters. The molecule has 0 spiro atoms. The molecule has 4 heterocycles. The number of fused-ring (bicyclic) bond motifs is 3. The summed E-state index contributed by atoms with van der Waals surface area (Å²) in [5.41, 5.74) is 4.32. The maximum atomic E-state index is 13.5. The number of carbonyl (C=O) groups is 1. The highest BCUT2D eigenvalue weighted by molar-refractivity contribution is 7.16. The Balaban J connectivity index is 1.55. The van der Waals surface area contributed by atoms with E-state index in [-0.39, 0.29) is 12.0 Å². The molecular weight excluding hydrogens is 390 g/mol. The molecule has 0 bridgehead atoms. The van der Waals surface area contributed by atoms with Gasteiger partial charge in [-0.1, -0.05) is 5.16 Å². The summed E-state index contributed by atoms with van der Waals surface area (Å²) in [6, 6.07) is 0. The third kappa shape index (κ3) is 3.08. The summed E-state index contributed by atoms with van der Waals surface area (Å²) in [7, 11) is 1.96. The number of carbonyl (C=O) groups excluding carboxylic acids is 1. The van der Waals surface area contributed by atoms with E-state index in [1.807, 2.05) is 17.9 Å². The van der Waals surface area contributed by atoms with Gasteiger partial charge in [-0.3, -0.25) is 14.4 Å². The maximum absolute atomic E-state index is 13.5. The van der Waals surface area contributed by atoms with Crippen molar-refractivity contribution in [2.75, 3.05) is 18.1 Å². The van der Waals surface area contributed by atoms with Gasteiger partial charge in [0.2, 0.25) is 0 Å². The fraction of sp³-hybridized carbons (Fsp3) is 0.500. The zero-order valence-electron chi connectivity index (χ0n) is 16.8. The quantitative estimate of drug-likeness (QED) is 0.653. The number of amides is 1. The van der Waals surface area contributed by atoms with Crippen LogP contribution in [0.5, 0.6) is 0 Å². The molecule has 29 heavy (non-hydrogen) atoms. The average Bonchev–Trinajstić information content (AvgIpc) is 3.47. The van der Waals surface area contributed by atoms with Crippen molar-refractivity contribution < 1.29 is 14.1 Å². The molecule has 1 atom stereocenters. The number of ether oxygens (including phenoxy) is 1.